The van der Waals surface area contributed by atoms with E-state index >= 15 is 0 Å². The quantitative estimate of drug-likeness (QED) is 0.879. The van der Waals surface area contributed by atoms with Crippen LogP contribution in [0.25, 0.3) is 0 Å². The Labute approximate surface area is 122 Å². The average molecular weight is 288 g/mol. The fraction of sp³-hybridized carbons (Fsp3) is 0.176. The molecule has 0 aliphatic heterocycles. The van der Waals surface area contributed by atoms with E-state index in [1.165, 1.54) is 12.1 Å². The van der Waals surface area contributed by atoms with Gasteiger partial charge in [-0.15, -0.1) is 0 Å². The van der Waals surface area contributed by atoms with Gasteiger partial charge >= 0.3 is 0 Å². The molecule has 0 unspecified atom stereocenters. The highest BCUT2D eigenvalue weighted by Gasteiger charge is 2.09. The largest absolute Gasteiger partial charge is 0.487 e. The third-order valence-electron chi connectivity index (χ3n) is 2.85. The standard InChI is InChI=1S/C17H14F2O2/c1-12-7-8-16(13(10-12)5-3-9-20)21-11-14-4-2-6-15(18)17(14)19/h2,4,6-8,10,20H,9,11H2,1H3. The summed E-state index contributed by atoms with van der Waals surface area (Å²) in [6, 6.07) is 9.31. The van der Waals surface area contributed by atoms with Crippen molar-refractivity contribution in [2.75, 3.05) is 6.61 Å². The zero-order valence-corrected chi connectivity index (χ0v) is 11.5. The molecular weight excluding hydrogens is 274 g/mol. The second-order valence-corrected chi connectivity index (χ2v) is 4.46. The van der Waals surface area contributed by atoms with Gasteiger partial charge in [-0.2, -0.15) is 0 Å². The maximum absolute atomic E-state index is 13.6. The van der Waals surface area contributed by atoms with Crippen LogP contribution in [-0.2, 0) is 6.61 Å². The van der Waals surface area contributed by atoms with Crippen LogP contribution in [0.5, 0.6) is 5.75 Å². The fourth-order valence-electron chi connectivity index (χ4n) is 1.82. The van der Waals surface area contributed by atoms with Crippen LogP contribution in [0.3, 0.4) is 0 Å². The molecule has 1 N–H and O–H groups in total. The number of ether oxygens (including phenoxy) is 1. The van der Waals surface area contributed by atoms with Crippen molar-refractivity contribution < 1.29 is 18.6 Å². The number of rotatable bonds is 3. The van der Waals surface area contributed by atoms with Crippen molar-refractivity contribution in [2.24, 2.45) is 0 Å². The Morgan fingerprint density at radius 2 is 2.00 bits per heavy atom. The SMILES string of the molecule is Cc1ccc(OCc2cccc(F)c2F)c(C#CCO)c1. The summed E-state index contributed by atoms with van der Waals surface area (Å²) in [6.07, 6.45) is 0. The molecule has 0 spiro atoms. The molecule has 0 bridgehead atoms. The molecule has 0 aromatic heterocycles. The van der Waals surface area contributed by atoms with Crippen LogP contribution in [0.15, 0.2) is 36.4 Å². The fourth-order valence-corrected chi connectivity index (χ4v) is 1.82. The average Bonchev–Trinajstić information content (AvgIpc) is 2.48. The topological polar surface area (TPSA) is 29.5 Å². The Morgan fingerprint density at radius 1 is 1.19 bits per heavy atom. The first-order valence-electron chi connectivity index (χ1n) is 6.38. The van der Waals surface area contributed by atoms with Crippen molar-refractivity contribution >= 4 is 0 Å². The third kappa shape index (κ3) is 3.80. The van der Waals surface area contributed by atoms with Crippen molar-refractivity contribution in [3.8, 4) is 17.6 Å². The molecule has 0 saturated carbocycles. The van der Waals surface area contributed by atoms with Gasteiger partial charge in [-0.1, -0.05) is 30.0 Å². The minimum Gasteiger partial charge on any atom is -0.487 e. The molecule has 0 atom stereocenters. The lowest BCUT2D eigenvalue weighted by Gasteiger charge is -2.10. The third-order valence-corrected chi connectivity index (χ3v) is 2.85. The van der Waals surface area contributed by atoms with Gasteiger partial charge in [0.1, 0.15) is 19.0 Å². The summed E-state index contributed by atoms with van der Waals surface area (Å²) in [6.45, 7) is 1.55. The van der Waals surface area contributed by atoms with Crippen LogP contribution < -0.4 is 4.74 Å². The lowest BCUT2D eigenvalue weighted by Crippen LogP contribution is -2.01. The maximum atomic E-state index is 13.6. The number of aryl methyl sites for hydroxylation is 1. The van der Waals surface area contributed by atoms with E-state index in [-0.39, 0.29) is 18.8 Å². The van der Waals surface area contributed by atoms with Crippen LogP contribution >= 0.6 is 0 Å². The monoisotopic (exact) mass is 288 g/mol. The molecule has 0 fully saturated rings. The van der Waals surface area contributed by atoms with Gasteiger partial charge in [0.15, 0.2) is 11.6 Å². The summed E-state index contributed by atoms with van der Waals surface area (Å²) < 4.78 is 32.2. The summed E-state index contributed by atoms with van der Waals surface area (Å²) in [4.78, 5) is 0. The first kappa shape index (κ1) is 15.0. The van der Waals surface area contributed by atoms with Crippen molar-refractivity contribution in [1.82, 2.24) is 0 Å². The summed E-state index contributed by atoms with van der Waals surface area (Å²) in [5.74, 6) is 3.97. The maximum Gasteiger partial charge on any atom is 0.165 e. The molecule has 0 aliphatic rings. The van der Waals surface area contributed by atoms with E-state index in [1.807, 2.05) is 13.0 Å². The first-order chi connectivity index (χ1) is 10.1. The van der Waals surface area contributed by atoms with Crippen molar-refractivity contribution in [3.63, 3.8) is 0 Å². The molecule has 2 aromatic rings. The highest BCUT2D eigenvalue weighted by atomic mass is 19.2. The molecule has 0 saturated heterocycles. The van der Waals surface area contributed by atoms with E-state index in [0.29, 0.717) is 11.3 Å². The van der Waals surface area contributed by atoms with Gasteiger partial charge < -0.3 is 9.84 Å². The highest BCUT2D eigenvalue weighted by molar-refractivity contribution is 5.48. The molecule has 0 heterocycles. The molecule has 21 heavy (non-hydrogen) atoms. The molecular formula is C17H14F2O2. The van der Waals surface area contributed by atoms with Gasteiger partial charge in [0.2, 0.25) is 0 Å². The smallest absolute Gasteiger partial charge is 0.165 e. The van der Waals surface area contributed by atoms with E-state index in [1.54, 1.807) is 12.1 Å². The van der Waals surface area contributed by atoms with E-state index in [0.717, 1.165) is 11.6 Å². The Bertz CT molecular complexity index is 700. The first-order valence-corrected chi connectivity index (χ1v) is 6.38. The predicted octanol–water partition coefficient (Wildman–Crippen LogP) is 3.20. The zero-order chi connectivity index (χ0) is 15.2. The second kappa shape index (κ2) is 6.87. The van der Waals surface area contributed by atoms with Gasteiger partial charge in [0.05, 0.1) is 5.56 Å². The van der Waals surface area contributed by atoms with Gasteiger partial charge in [-0.25, -0.2) is 8.78 Å². The Kier molecular flexibility index (Phi) is 4.91. The van der Waals surface area contributed by atoms with Crippen LogP contribution in [0.2, 0.25) is 0 Å². The zero-order valence-electron chi connectivity index (χ0n) is 11.5. The molecule has 2 aromatic carbocycles. The van der Waals surface area contributed by atoms with E-state index < -0.39 is 11.6 Å². The number of benzene rings is 2. The van der Waals surface area contributed by atoms with Crippen molar-refractivity contribution in [2.45, 2.75) is 13.5 Å². The molecule has 0 radical (unpaired) electrons. The van der Waals surface area contributed by atoms with Crippen LogP contribution in [0.1, 0.15) is 16.7 Å². The predicted molar refractivity (Wildman–Crippen MR) is 75.8 cm³/mol. The second-order valence-electron chi connectivity index (χ2n) is 4.46. The lowest BCUT2D eigenvalue weighted by molar-refractivity contribution is 0.296. The minimum absolute atomic E-state index is 0.0968. The molecule has 0 amide bonds. The highest BCUT2D eigenvalue weighted by Crippen LogP contribution is 2.21. The minimum atomic E-state index is -0.910. The van der Waals surface area contributed by atoms with E-state index in [2.05, 4.69) is 11.8 Å². The van der Waals surface area contributed by atoms with E-state index in [4.69, 9.17) is 9.84 Å². The van der Waals surface area contributed by atoms with Crippen LogP contribution in [-0.4, -0.2) is 11.7 Å². The molecule has 0 aliphatic carbocycles. The number of aliphatic hydroxyl groups is 1. The number of aliphatic hydroxyl groups excluding tert-OH is 1. The van der Waals surface area contributed by atoms with Crippen molar-refractivity contribution in [3.05, 3.63) is 64.7 Å². The van der Waals surface area contributed by atoms with Gasteiger partial charge in [-0.3, -0.25) is 0 Å². The summed E-state index contributed by atoms with van der Waals surface area (Å²) in [7, 11) is 0. The van der Waals surface area contributed by atoms with E-state index in [9.17, 15) is 8.78 Å². The van der Waals surface area contributed by atoms with Crippen molar-refractivity contribution in [1.29, 1.82) is 0 Å². The number of hydrogen-bond donors (Lipinski definition) is 1. The summed E-state index contributed by atoms with van der Waals surface area (Å²) >= 11 is 0. The normalized spacial score (nSPS) is 9.90. The lowest BCUT2D eigenvalue weighted by atomic mass is 10.1. The van der Waals surface area contributed by atoms with Gasteiger partial charge in [0, 0.05) is 5.56 Å². The van der Waals surface area contributed by atoms with Gasteiger partial charge in [-0.05, 0) is 30.7 Å². The Morgan fingerprint density at radius 3 is 2.76 bits per heavy atom. The van der Waals surface area contributed by atoms with Gasteiger partial charge in [0.25, 0.3) is 0 Å². The number of halogens is 2. The molecule has 2 nitrogen and oxygen atoms in total. The Balaban J connectivity index is 2.22. The number of hydrogen-bond acceptors (Lipinski definition) is 2. The Hall–Kier alpha value is -2.38. The van der Waals surface area contributed by atoms with Crippen LogP contribution in [0, 0.1) is 30.4 Å². The summed E-state index contributed by atoms with van der Waals surface area (Å²) in [5.41, 5.74) is 1.72. The van der Waals surface area contributed by atoms with Crippen LogP contribution in [0.4, 0.5) is 8.78 Å². The molecule has 2 rings (SSSR count). The summed E-state index contributed by atoms with van der Waals surface area (Å²) in [5, 5.41) is 8.76. The molecule has 4 heteroatoms. The molecule has 108 valence electrons.